The van der Waals surface area contributed by atoms with E-state index >= 15 is 0 Å². The van der Waals surface area contributed by atoms with E-state index in [4.69, 9.17) is 0 Å². The highest BCUT2D eigenvalue weighted by Crippen LogP contribution is 2.23. The minimum atomic E-state index is -0.490. The molecule has 2 aromatic rings. The first kappa shape index (κ1) is 14.9. The van der Waals surface area contributed by atoms with Gasteiger partial charge in [-0.15, -0.1) is 0 Å². The van der Waals surface area contributed by atoms with Crippen molar-refractivity contribution in [3.8, 4) is 0 Å². The number of hydrogen-bond donors (Lipinski definition) is 0. The third-order valence-corrected chi connectivity index (χ3v) is 5.20. The zero-order valence-corrected chi connectivity index (χ0v) is 13.7. The summed E-state index contributed by atoms with van der Waals surface area (Å²) >= 11 is 0. The largest absolute Gasteiger partial charge is 0.286 e. The molecule has 124 valence electrons. The van der Waals surface area contributed by atoms with Gasteiger partial charge in [-0.05, 0) is 80.3 Å². The summed E-state index contributed by atoms with van der Waals surface area (Å²) < 4.78 is 0. The maximum Gasteiger partial charge on any atom is 0.226 e. The van der Waals surface area contributed by atoms with E-state index in [-0.39, 0.29) is 0 Å². The van der Waals surface area contributed by atoms with Crippen LogP contribution in [-0.4, -0.2) is 23.1 Å². The Balaban J connectivity index is 1.70. The summed E-state index contributed by atoms with van der Waals surface area (Å²) in [6.45, 7) is 0. The highest BCUT2D eigenvalue weighted by atomic mass is 16.2. The highest BCUT2D eigenvalue weighted by Gasteiger charge is 2.20. The van der Waals surface area contributed by atoms with Gasteiger partial charge in [0, 0.05) is 0 Å². The minimum absolute atomic E-state index is 0.490. The molecule has 0 atom stereocenters. The number of rotatable bonds is 0. The van der Waals surface area contributed by atoms with Gasteiger partial charge in [-0.1, -0.05) is 24.3 Å². The first-order valence-electron chi connectivity index (χ1n) is 8.35. The maximum absolute atomic E-state index is 11.6. The molecule has 26 heavy (non-hydrogen) atoms. The normalized spacial score (nSPS) is 16.9. The lowest BCUT2D eigenvalue weighted by atomic mass is 9.83. The molecule has 0 bridgehead atoms. The second-order valence-electron chi connectivity index (χ2n) is 6.89. The van der Waals surface area contributed by atoms with Crippen LogP contribution in [0.1, 0.15) is 22.3 Å². The predicted octanol–water partition coefficient (Wildman–Crippen LogP) is -1.39. The van der Waals surface area contributed by atoms with Crippen LogP contribution < -0.4 is 20.9 Å². The molecular formula is C22H12O4. The summed E-state index contributed by atoms with van der Waals surface area (Å²) in [6, 6.07) is 7.88. The quantitative estimate of drug-likeness (QED) is 0.473. The first-order chi connectivity index (χ1) is 12.5. The Bertz CT molecular complexity index is 1130. The number of carbonyl (C=O) groups is 4. The molecule has 0 saturated heterocycles. The van der Waals surface area contributed by atoms with Crippen LogP contribution in [0.2, 0.25) is 0 Å². The van der Waals surface area contributed by atoms with Crippen LogP contribution >= 0.6 is 0 Å². The first-order valence-corrected chi connectivity index (χ1v) is 8.35. The number of fused-ring (bicyclic) bond motifs is 4. The molecule has 2 aromatic carbocycles. The summed E-state index contributed by atoms with van der Waals surface area (Å²) in [7, 11) is 0. The van der Waals surface area contributed by atoms with Crippen LogP contribution in [0.3, 0.4) is 0 Å². The molecule has 0 N–H and O–H groups in total. The molecule has 0 fully saturated rings. The molecule has 0 spiro atoms. The van der Waals surface area contributed by atoms with Crippen molar-refractivity contribution in [2.24, 2.45) is 0 Å². The maximum atomic E-state index is 11.6. The summed E-state index contributed by atoms with van der Waals surface area (Å²) in [6.07, 6.45) is 6.97. The SMILES string of the molecule is O=C1C=c2cc3c(cc2=CC1=O)Cc1cc2c(cc1C3)=CC(=O)C(=O)C=2. The molecule has 3 aliphatic rings. The molecule has 0 radical (unpaired) electrons. The lowest BCUT2D eigenvalue weighted by Gasteiger charge is -2.21. The van der Waals surface area contributed by atoms with E-state index < -0.39 is 23.1 Å². The topological polar surface area (TPSA) is 68.3 Å². The molecule has 4 heteroatoms. The zero-order valence-electron chi connectivity index (χ0n) is 13.7. The molecule has 0 aromatic heterocycles. The highest BCUT2D eigenvalue weighted by molar-refractivity contribution is 6.58. The van der Waals surface area contributed by atoms with Crippen LogP contribution in [0.4, 0.5) is 0 Å². The Morgan fingerprint density at radius 1 is 0.423 bits per heavy atom. The van der Waals surface area contributed by atoms with Gasteiger partial charge < -0.3 is 0 Å². The second kappa shape index (κ2) is 5.05. The van der Waals surface area contributed by atoms with Gasteiger partial charge in [0.15, 0.2) is 0 Å². The number of benzene rings is 2. The molecule has 4 nitrogen and oxygen atoms in total. The molecular weight excluding hydrogens is 328 g/mol. The second-order valence-corrected chi connectivity index (χ2v) is 6.89. The van der Waals surface area contributed by atoms with Crippen molar-refractivity contribution in [3.05, 3.63) is 67.4 Å². The Kier molecular flexibility index (Phi) is 2.89. The summed E-state index contributed by atoms with van der Waals surface area (Å²) in [4.78, 5) is 46.6. The fourth-order valence-electron chi connectivity index (χ4n) is 3.87. The number of Topliss-reactive ketones (excluding diaryl/α,β-unsaturated/α-hetero) is 4. The van der Waals surface area contributed by atoms with Gasteiger partial charge in [0.2, 0.25) is 23.1 Å². The smallest absolute Gasteiger partial charge is 0.226 e. The summed E-state index contributed by atoms with van der Waals surface area (Å²) in [5.41, 5.74) is 4.46. The molecule has 0 saturated carbocycles. The van der Waals surface area contributed by atoms with Crippen LogP contribution in [0.5, 0.6) is 0 Å². The Morgan fingerprint density at radius 3 is 0.885 bits per heavy atom. The molecule has 0 unspecified atom stereocenters. The zero-order chi connectivity index (χ0) is 18.0. The van der Waals surface area contributed by atoms with E-state index in [1.165, 1.54) is 24.3 Å². The lowest BCUT2D eigenvalue weighted by molar-refractivity contribution is -0.129. The molecule has 0 amide bonds. The Labute approximate surface area is 147 Å². The van der Waals surface area contributed by atoms with Gasteiger partial charge in [0.25, 0.3) is 0 Å². The fourth-order valence-corrected chi connectivity index (χ4v) is 3.87. The van der Waals surface area contributed by atoms with E-state index in [1.807, 2.05) is 24.3 Å². The summed E-state index contributed by atoms with van der Waals surface area (Å²) in [5.74, 6) is -1.96. The number of carbonyl (C=O) groups excluding carboxylic acids is 4. The third kappa shape index (κ3) is 2.15. The Hall–Kier alpha value is -3.40. The van der Waals surface area contributed by atoms with Crippen molar-refractivity contribution in [2.75, 3.05) is 0 Å². The van der Waals surface area contributed by atoms with Gasteiger partial charge in [0.05, 0.1) is 0 Å². The van der Waals surface area contributed by atoms with Gasteiger partial charge in [-0.3, -0.25) is 19.2 Å². The van der Waals surface area contributed by atoms with E-state index in [2.05, 4.69) is 0 Å². The van der Waals surface area contributed by atoms with Crippen molar-refractivity contribution in [1.82, 2.24) is 0 Å². The average Bonchev–Trinajstić information content (AvgIpc) is 2.59. The van der Waals surface area contributed by atoms with Crippen molar-refractivity contribution < 1.29 is 19.2 Å². The number of ketones is 4. The predicted molar refractivity (Wildman–Crippen MR) is 94.9 cm³/mol. The molecule has 0 heterocycles. The monoisotopic (exact) mass is 340 g/mol. The van der Waals surface area contributed by atoms with Crippen molar-refractivity contribution >= 4 is 47.4 Å². The van der Waals surface area contributed by atoms with Crippen LogP contribution in [-0.2, 0) is 32.0 Å². The van der Waals surface area contributed by atoms with E-state index in [0.717, 1.165) is 43.1 Å². The molecule has 5 rings (SSSR count). The standard InChI is InChI=1S/C22H12O4/c23-19-7-15-3-11-1-12-4-16-8-20(24)22(26)10-18(16)6-14(12)2-13(11)5-17(15)9-21(19)25/h3-10H,1-2H2. The average molecular weight is 340 g/mol. The summed E-state index contributed by atoms with van der Waals surface area (Å²) in [5, 5.41) is 3.09. The number of hydrogen-bond acceptors (Lipinski definition) is 4. The van der Waals surface area contributed by atoms with Crippen molar-refractivity contribution in [1.29, 1.82) is 0 Å². The van der Waals surface area contributed by atoms with Crippen LogP contribution in [0, 0.1) is 0 Å². The van der Waals surface area contributed by atoms with Crippen molar-refractivity contribution in [3.63, 3.8) is 0 Å². The van der Waals surface area contributed by atoms with Gasteiger partial charge >= 0.3 is 0 Å². The van der Waals surface area contributed by atoms with E-state index in [1.54, 1.807) is 0 Å². The lowest BCUT2D eigenvalue weighted by Crippen LogP contribution is -2.36. The van der Waals surface area contributed by atoms with Gasteiger partial charge in [-0.2, -0.15) is 0 Å². The van der Waals surface area contributed by atoms with Crippen molar-refractivity contribution in [2.45, 2.75) is 12.8 Å². The van der Waals surface area contributed by atoms with Gasteiger partial charge in [-0.25, -0.2) is 0 Å². The molecule has 3 aliphatic carbocycles. The van der Waals surface area contributed by atoms with Crippen LogP contribution in [0.15, 0.2) is 24.3 Å². The Morgan fingerprint density at radius 2 is 0.654 bits per heavy atom. The van der Waals surface area contributed by atoms with Crippen LogP contribution in [0.25, 0.3) is 24.3 Å². The van der Waals surface area contributed by atoms with E-state index in [9.17, 15) is 19.2 Å². The van der Waals surface area contributed by atoms with Gasteiger partial charge in [0.1, 0.15) is 0 Å². The third-order valence-electron chi connectivity index (χ3n) is 5.20. The fraction of sp³-hybridized carbons (Fsp3) is 0.0909. The minimum Gasteiger partial charge on any atom is -0.286 e. The molecule has 0 aliphatic heterocycles. The van der Waals surface area contributed by atoms with E-state index in [0.29, 0.717) is 12.8 Å².